The van der Waals surface area contributed by atoms with Gasteiger partial charge in [0, 0.05) is 12.8 Å². The SMILES string of the molecule is CC(C)(C)C1CCC(=O)CC1C(C)(C)C. The van der Waals surface area contributed by atoms with Crippen molar-refractivity contribution in [2.75, 3.05) is 0 Å². The summed E-state index contributed by atoms with van der Waals surface area (Å²) in [6.45, 7) is 13.8. The molecule has 88 valence electrons. The molecule has 1 aliphatic carbocycles. The first kappa shape index (κ1) is 12.7. The Morgan fingerprint density at radius 1 is 0.933 bits per heavy atom. The van der Waals surface area contributed by atoms with Crippen LogP contribution < -0.4 is 0 Å². The van der Waals surface area contributed by atoms with Gasteiger partial charge in [-0.15, -0.1) is 0 Å². The zero-order valence-corrected chi connectivity index (χ0v) is 11.2. The number of hydrogen-bond acceptors (Lipinski definition) is 1. The van der Waals surface area contributed by atoms with Crippen molar-refractivity contribution >= 4 is 5.78 Å². The molecule has 0 heterocycles. The van der Waals surface area contributed by atoms with Crippen LogP contribution in [0.2, 0.25) is 0 Å². The first-order valence-electron chi connectivity index (χ1n) is 6.14. The van der Waals surface area contributed by atoms with Crippen LogP contribution in [0.1, 0.15) is 60.8 Å². The lowest BCUT2D eigenvalue weighted by Crippen LogP contribution is -2.40. The third-order valence-corrected chi connectivity index (χ3v) is 3.89. The lowest BCUT2D eigenvalue weighted by atomic mass is 9.59. The topological polar surface area (TPSA) is 17.1 Å². The normalized spacial score (nSPS) is 29.3. The standard InChI is InChI=1S/C14H26O/c1-13(2,3)11-8-7-10(15)9-12(11)14(4,5)6/h11-12H,7-9H2,1-6H3. The Morgan fingerprint density at radius 3 is 1.80 bits per heavy atom. The molecule has 15 heavy (non-hydrogen) atoms. The molecule has 0 radical (unpaired) electrons. The molecule has 1 aliphatic rings. The van der Waals surface area contributed by atoms with Gasteiger partial charge in [0.05, 0.1) is 0 Å². The predicted octanol–water partition coefficient (Wildman–Crippen LogP) is 4.06. The summed E-state index contributed by atoms with van der Waals surface area (Å²) in [6.07, 6.45) is 2.68. The molecule has 0 aromatic rings. The summed E-state index contributed by atoms with van der Waals surface area (Å²) >= 11 is 0. The highest BCUT2D eigenvalue weighted by molar-refractivity contribution is 5.79. The van der Waals surface area contributed by atoms with Gasteiger partial charge in [-0.25, -0.2) is 0 Å². The van der Waals surface area contributed by atoms with Gasteiger partial charge in [-0.3, -0.25) is 4.79 Å². The summed E-state index contributed by atoms with van der Waals surface area (Å²) in [5.41, 5.74) is 0.590. The van der Waals surface area contributed by atoms with E-state index in [0.717, 1.165) is 19.3 Å². The Bertz CT molecular complexity index is 239. The zero-order chi connectivity index (χ0) is 11.9. The van der Waals surface area contributed by atoms with E-state index in [4.69, 9.17) is 0 Å². The second-order valence-corrected chi connectivity index (χ2v) is 7.23. The molecule has 1 rings (SSSR count). The van der Waals surface area contributed by atoms with Gasteiger partial charge in [0.2, 0.25) is 0 Å². The van der Waals surface area contributed by atoms with Crippen molar-refractivity contribution in [3.63, 3.8) is 0 Å². The molecule has 0 aromatic heterocycles. The first-order valence-corrected chi connectivity index (χ1v) is 6.14. The predicted molar refractivity (Wildman–Crippen MR) is 64.7 cm³/mol. The molecule has 2 atom stereocenters. The smallest absolute Gasteiger partial charge is 0.133 e. The van der Waals surface area contributed by atoms with Crippen LogP contribution in [0.25, 0.3) is 0 Å². The van der Waals surface area contributed by atoms with Crippen molar-refractivity contribution in [3.8, 4) is 0 Å². The van der Waals surface area contributed by atoms with Gasteiger partial charge in [0.25, 0.3) is 0 Å². The zero-order valence-electron chi connectivity index (χ0n) is 11.2. The van der Waals surface area contributed by atoms with Gasteiger partial charge in [-0.1, -0.05) is 41.5 Å². The van der Waals surface area contributed by atoms with E-state index in [9.17, 15) is 4.79 Å². The van der Waals surface area contributed by atoms with Gasteiger partial charge in [0.15, 0.2) is 0 Å². The van der Waals surface area contributed by atoms with Crippen molar-refractivity contribution < 1.29 is 4.79 Å². The van der Waals surface area contributed by atoms with Crippen LogP contribution in [0.4, 0.5) is 0 Å². The first-order chi connectivity index (χ1) is 6.62. The highest BCUT2D eigenvalue weighted by Gasteiger charge is 2.42. The van der Waals surface area contributed by atoms with Crippen LogP contribution in [-0.4, -0.2) is 5.78 Å². The van der Waals surface area contributed by atoms with Crippen LogP contribution in [0.3, 0.4) is 0 Å². The largest absolute Gasteiger partial charge is 0.300 e. The number of Topliss-reactive ketones (excluding diaryl/α,β-unsaturated/α-hetero) is 1. The molecule has 0 N–H and O–H groups in total. The molecular weight excluding hydrogens is 184 g/mol. The fourth-order valence-electron chi connectivity index (χ4n) is 2.95. The van der Waals surface area contributed by atoms with Crippen molar-refractivity contribution in [1.82, 2.24) is 0 Å². The number of hydrogen-bond donors (Lipinski definition) is 0. The van der Waals surface area contributed by atoms with Crippen LogP contribution in [0.5, 0.6) is 0 Å². The monoisotopic (exact) mass is 210 g/mol. The van der Waals surface area contributed by atoms with Gasteiger partial charge in [-0.2, -0.15) is 0 Å². The minimum absolute atomic E-state index is 0.258. The number of ketones is 1. The summed E-state index contributed by atoms with van der Waals surface area (Å²) in [5.74, 6) is 1.71. The molecule has 0 aliphatic heterocycles. The molecule has 0 bridgehead atoms. The van der Waals surface area contributed by atoms with Crippen LogP contribution >= 0.6 is 0 Å². The Balaban J connectivity index is 2.90. The third kappa shape index (κ3) is 3.06. The van der Waals surface area contributed by atoms with E-state index in [2.05, 4.69) is 41.5 Å². The summed E-state index contributed by atoms with van der Waals surface area (Å²) in [6, 6.07) is 0. The molecular formula is C14H26O. The van der Waals surface area contributed by atoms with E-state index in [0.29, 0.717) is 23.0 Å². The molecule has 1 fully saturated rings. The Kier molecular flexibility index (Phi) is 3.33. The molecule has 0 amide bonds. The quantitative estimate of drug-likeness (QED) is 0.589. The second kappa shape index (κ2) is 3.92. The van der Waals surface area contributed by atoms with Gasteiger partial charge >= 0.3 is 0 Å². The van der Waals surface area contributed by atoms with Crippen molar-refractivity contribution in [2.45, 2.75) is 60.8 Å². The van der Waals surface area contributed by atoms with Crippen molar-refractivity contribution in [2.24, 2.45) is 22.7 Å². The average molecular weight is 210 g/mol. The van der Waals surface area contributed by atoms with Crippen LogP contribution in [0, 0.1) is 22.7 Å². The third-order valence-electron chi connectivity index (χ3n) is 3.89. The minimum atomic E-state index is 0.258. The van der Waals surface area contributed by atoms with Crippen LogP contribution in [0.15, 0.2) is 0 Å². The fourth-order valence-corrected chi connectivity index (χ4v) is 2.95. The number of carbonyl (C=O) groups is 1. The highest BCUT2D eigenvalue weighted by atomic mass is 16.1. The Hall–Kier alpha value is -0.330. The molecule has 1 saturated carbocycles. The maximum atomic E-state index is 11.6. The number of carbonyl (C=O) groups excluding carboxylic acids is 1. The van der Waals surface area contributed by atoms with Gasteiger partial charge < -0.3 is 0 Å². The molecule has 1 heteroatoms. The lowest BCUT2D eigenvalue weighted by Gasteiger charge is -2.46. The molecule has 1 nitrogen and oxygen atoms in total. The van der Waals surface area contributed by atoms with E-state index in [-0.39, 0.29) is 5.41 Å². The van der Waals surface area contributed by atoms with E-state index in [1.54, 1.807) is 0 Å². The van der Waals surface area contributed by atoms with Gasteiger partial charge in [-0.05, 0) is 29.1 Å². The fraction of sp³-hybridized carbons (Fsp3) is 0.929. The van der Waals surface area contributed by atoms with Crippen molar-refractivity contribution in [3.05, 3.63) is 0 Å². The number of rotatable bonds is 0. The highest BCUT2D eigenvalue weighted by Crippen LogP contribution is 2.48. The van der Waals surface area contributed by atoms with Crippen molar-refractivity contribution in [1.29, 1.82) is 0 Å². The Morgan fingerprint density at radius 2 is 1.40 bits per heavy atom. The maximum absolute atomic E-state index is 11.6. The maximum Gasteiger partial charge on any atom is 0.133 e. The summed E-state index contributed by atoms with van der Waals surface area (Å²) in [5, 5.41) is 0. The lowest BCUT2D eigenvalue weighted by molar-refractivity contribution is -0.126. The van der Waals surface area contributed by atoms with E-state index < -0.39 is 0 Å². The summed E-state index contributed by atoms with van der Waals surface area (Å²) < 4.78 is 0. The van der Waals surface area contributed by atoms with E-state index >= 15 is 0 Å². The summed E-state index contributed by atoms with van der Waals surface area (Å²) in [7, 11) is 0. The molecule has 0 aromatic carbocycles. The average Bonchev–Trinajstić information content (AvgIpc) is 2.00. The van der Waals surface area contributed by atoms with Crippen LogP contribution in [-0.2, 0) is 4.79 Å². The second-order valence-electron chi connectivity index (χ2n) is 7.23. The minimum Gasteiger partial charge on any atom is -0.300 e. The Labute approximate surface area is 94.6 Å². The molecule has 0 saturated heterocycles. The van der Waals surface area contributed by atoms with Gasteiger partial charge in [0.1, 0.15) is 5.78 Å². The van der Waals surface area contributed by atoms with E-state index in [1.165, 1.54) is 0 Å². The molecule has 0 spiro atoms. The molecule has 2 unspecified atom stereocenters. The van der Waals surface area contributed by atoms with E-state index in [1.807, 2.05) is 0 Å². The summed E-state index contributed by atoms with van der Waals surface area (Å²) in [4.78, 5) is 11.6.